The van der Waals surface area contributed by atoms with Crippen LogP contribution in [-0.2, 0) is 21.2 Å². The Morgan fingerprint density at radius 2 is 1.95 bits per heavy atom. The SMILES string of the molecule is O=C1Cc2cc(S(=O)(=O)NCCCCCCO)ccc2N1. The van der Waals surface area contributed by atoms with E-state index in [2.05, 4.69) is 10.0 Å². The number of anilines is 1. The Hall–Kier alpha value is -1.44. The van der Waals surface area contributed by atoms with Crippen LogP contribution in [-0.4, -0.2) is 32.6 Å². The fraction of sp³-hybridized carbons (Fsp3) is 0.500. The van der Waals surface area contributed by atoms with Gasteiger partial charge in [0.15, 0.2) is 0 Å². The van der Waals surface area contributed by atoms with Crippen molar-refractivity contribution in [2.75, 3.05) is 18.5 Å². The summed E-state index contributed by atoms with van der Waals surface area (Å²) in [6.45, 7) is 0.551. The number of hydrogen-bond donors (Lipinski definition) is 3. The van der Waals surface area contributed by atoms with E-state index in [1.165, 1.54) is 6.07 Å². The lowest BCUT2D eigenvalue weighted by Gasteiger charge is -2.08. The first kappa shape index (κ1) is 15.9. The summed E-state index contributed by atoms with van der Waals surface area (Å²) in [5, 5.41) is 11.3. The highest BCUT2D eigenvalue weighted by Crippen LogP contribution is 2.25. The van der Waals surface area contributed by atoms with Crippen LogP contribution in [0.3, 0.4) is 0 Å². The lowest BCUT2D eigenvalue weighted by atomic mass is 10.2. The third-order valence-corrected chi connectivity index (χ3v) is 4.85. The number of amides is 1. The van der Waals surface area contributed by atoms with Gasteiger partial charge in [-0.1, -0.05) is 12.8 Å². The van der Waals surface area contributed by atoms with Gasteiger partial charge in [-0.05, 0) is 36.6 Å². The van der Waals surface area contributed by atoms with Crippen LogP contribution in [0, 0.1) is 0 Å². The van der Waals surface area contributed by atoms with Gasteiger partial charge in [-0.25, -0.2) is 13.1 Å². The van der Waals surface area contributed by atoms with E-state index in [-0.39, 0.29) is 23.8 Å². The van der Waals surface area contributed by atoms with Gasteiger partial charge in [-0.15, -0.1) is 0 Å². The molecule has 116 valence electrons. The molecule has 6 nitrogen and oxygen atoms in total. The molecular formula is C14H20N2O4S. The molecule has 7 heteroatoms. The van der Waals surface area contributed by atoms with Crippen molar-refractivity contribution >= 4 is 21.6 Å². The van der Waals surface area contributed by atoms with Gasteiger partial charge in [0.05, 0.1) is 11.3 Å². The largest absolute Gasteiger partial charge is 0.396 e. The normalized spacial score (nSPS) is 14.0. The smallest absolute Gasteiger partial charge is 0.240 e. The molecule has 0 fully saturated rings. The van der Waals surface area contributed by atoms with Gasteiger partial charge >= 0.3 is 0 Å². The zero-order chi connectivity index (χ0) is 15.3. The van der Waals surface area contributed by atoms with Crippen LogP contribution in [0.25, 0.3) is 0 Å². The number of sulfonamides is 1. The van der Waals surface area contributed by atoms with Gasteiger partial charge < -0.3 is 10.4 Å². The fourth-order valence-electron chi connectivity index (χ4n) is 2.25. The van der Waals surface area contributed by atoms with E-state index in [4.69, 9.17) is 5.11 Å². The Balaban J connectivity index is 1.91. The lowest BCUT2D eigenvalue weighted by Crippen LogP contribution is -2.24. The molecule has 0 atom stereocenters. The minimum absolute atomic E-state index is 0.114. The van der Waals surface area contributed by atoms with Gasteiger partial charge in [0.25, 0.3) is 0 Å². The van der Waals surface area contributed by atoms with Crippen LogP contribution < -0.4 is 10.0 Å². The average molecular weight is 312 g/mol. The van der Waals surface area contributed by atoms with Crippen LogP contribution in [0.4, 0.5) is 5.69 Å². The molecule has 1 aliphatic heterocycles. The van der Waals surface area contributed by atoms with Crippen molar-refractivity contribution in [1.82, 2.24) is 4.72 Å². The van der Waals surface area contributed by atoms with Gasteiger partial charge in [-0.3, -0.25) is 4.79 Å². The molecule has 0 aromatic heterocycles. The fourth-order valence-corrected chi connectivity index (χ4v) is 3.38. The number of carbonyl (C=O) groups is 1. The first-order chi connectivity index (χ1) is 10.0. The highest BCUT2D eigenvalue weighted by Gasteiger charge is 2.21. The highest BCUT2D eigenvalue weighted by atomic mass is 32.2. The monoisotopic (exact) mass is 312 g/mol. The molecule has 0 bridgehead atoms. The van der Waals surface area contributed by atoms with E-state index in [1.54, 1.807) is 12.1 Å². The number of unbranched alkanes of at least 4 members (excludes halogenated alkanes) is 3. The lowest BCUT2D eigenvalue weighted by molar-refractivity contribution is -0.115. The average Bonchev–Trinajstić information content (AvgIpc) is 2.81. The first-order valence-electron chi connectivity index (χ1n) is 7.06. The number of nitrogens with one attached hydrogen (secondary N) is 2. The van der Waals surface area contributed by atoms with Crippen molar-refractivity contribution in [3.8, 4) is 0 Å². The molecule has 1 aromatic rings. The number of fused-ring (bicyclic) bond motifs is 1. The van der Waals surface area contributed by atoms with E-state index in [9.17, 15) is 13.2 Å². The second-order valence-electron chi connectivity index (χ2n) is 5.08. The maximum Gasteiger partial charge on any atom is 0.240 e. The number of aliphatic hydroxyl groups excluding tert-OH is 1. The van der Waals surface area contributed by atoms with E-state index in [0.29, 0.717) is 17.8 Å². The van der Waals surface area contributed by atoms with Crippen molar-refractivity contribution in [1.29, 1.82) is 0 Å². The molecule has 0 radical (unpaired) electrons. The second kappa shape index (κ2) is 7.02. The van der Waals surface area contributed by atoms with Gasteiger partial charge in [0.1, 0.15) is 0 Å². The minimum atomic E-state index is -3.53. The zero-order valence-corrected chi connectivity index (χ0v) is 12.6. The molecule has 1 amide bonds. The van der Waals surface area contributed by atoms with E-state index < -0.39 is 10.0 Å². The van der Waals surface area contributed by atoms with Crippen LogP contribution in [0.15, 0.2) is 23.1 Å². The van der Waals surface area contributed by atoms with E-state index in [1.807, 2.05) is 0 Å². The number of benzene rings is 1. The predicted molar refractivity (Wildman–Crippen MR) is 79.5 cm³/mol. The standard InChI is InChI=1S/C14H20N2O4S/c17-8-4-2-1-3-7-15-21(19,20)12-5-6-13-11(9-12)10-14(18)16-13/h5-6,9,15,17H,1-4,7-8,10H2,(H,16,18). The van der Waals surface area contributed by atoms with E-state index in [0.717, 1.165) is 25.7 Å². The topological polar surface area (TPSA) is 95.5 Å². The summed E-state index contributed by atoms with van der Waals surface area (Å²) in [4.78, 5) is 11.5. The Bertz CT molecular complexity index is 613. The summed E-state index contributed by atoms with van der Waals surface area (Å²) in [5.41, 5.74) is 1.40. The Kier molecular flexibility index (Phi) is 5.33. The third kappa shape index (κ3) is 4.26. The quantitative estimate of drug-likeness (QED) is 0.624. The molecule has 21 heavy (non-hydrogen) atoms. The molecule has 3 N–H and O–H groups in total. The molecule has 2 rings (SSSR count). The van der Waals surface area contributed by atoms with E-state index >= 15 is 0 Å². The molecule has 1 heterocycles. The van der Waals surface area contributed by atoms with Crippen molar-refractivity contribution in [2.45, 2.75) is 37.0 Å². The number of hydrogen-bond acceptors (Lipinski definition) is 4. The van der Waals surface area contributed by atoms with Crippen LogP contribution in [0.1, 0.15) is 31.2 Å². The zero-order valence-electron chi connectivity index (χ0n) is 11.8. The molecule has 0 aliphatic carbocycles. The predicted octanol–water partition coefficient (Wildman–Crippen LogP) is 1.01. The van der Waals surface area contributed by atoms with Crippen molar-refractivity contribution in [2.24, 2.45) is 0 Å². The Morgan fingerprint density at radius 1 is 1.19 bits per heavy atom. The maximum atomic E-state index is 12.1. The number of carbonyl (C=O) groups excluding carboxylic acids is 1. The van der Waals surface area contributed by atoms with Gasteiger partial charge in [-0.2, -0.15) is 0 Å². The first-order valence-corrected chi connectivity index (χ1v) is 8.54. The van der Waals surface area contributed by atoms with Crippen molar-refractivity contribution in [3.05, 3.63) is 23.8 Å². The summed E-state index contributed by atoms with van der Waals surface area (Å²) < 4.78 is 26.9. The summed E-state index contributed by atoms with van der Waals surface area (Å²) >= 11 is 0. The molecule has 1 aliphatic rings. The number of rotatable bonds is 8. The van der Waals surface area contributed by atoms with Crippen LogP contribution >= 0.6 is 0 Å². The van der Waals surface area contributed by atoms with Gasteiger partial charge in [0, 0.05) is 18.8 Å². The molecule has 0 spiro atoms. The van der Waals surface area contributed by atoms with Crippen molar-refractivity contribution < 1.29 is 18.3 Å². The van der Waals surface area contributed by atoms with Crippen LogP contribution in [0.5, 0.6) is 0 Å². The minimum Gasteiger partial charge on any atom is -0.396 e. The summed E-state index contributed by atoms with van der Waals surface area (Å²) in [6, 6.07) is 4.66. The summed E-state index contributed by atoms with van der Waals surface area (Å²) in [6.07, 6.45) is 3.49. The molecule has 0 saturated heterocycles. The van der Waals surface area contributed by atoms with Gasteiger partial charge in [0.2, 0.25) is 15.9 Å². The summed E-state index contributed by atoms with van der Waals surface area (Å²) in [7, 11) is -3.53. The summed E-state index contributed by atoms with van der Waals surface area (Å²) in [5.74, 6) is -0.114. The third-order valence-electron chi connectivity index (χ3n) is 3.39. The molecule has 0 unspecified atom stereocenters. The molecule has 0 saturated carbocycles. The second-order valence-corrected chi connectivity index (χ2v) is 6.85. The maximum absolute atomic E-state index is 12.1. The molecule has 1 aromatic carbocycles. The van der Waals surface area contributed by atoms with Crippen molar-refractivity contribution in [3.63, 3.8) is 0 Å². The Morgan fingerprint density at radius 3 is 2.71 bits per heavy atom. The Labute approximate surface area is 124 Å². The molecular weight excluding hydrogens is 292 g/mol. The highest BCUT2D eigenvalue weighted by molar-refractivity contribution is 7.89. The van der Waals surface area contributed by atoms with Crippen LogP contribution in [0.2, 0.25) is 0 Å². The number of aliphatic hydroxyl groups is 1.